The van der Waals surface area contributed by atoms with Gasteiger partial charge in [0.2, 0.25) is 0 Å². The molecule has 1 heterocycles. The van der Waals surface area contributed by atoms with Crippen LogP contribution in [0.4, 0.5) is 18.9 Å². The van der Waals surface area contributed by atoms with Gasteiger partial charge < -0.3 is 15.0 Å². The Morgan fingerprint density at radius 1 is 1.05 bits per heavy atom. The number of ether oxygens (including phenoxy) is 1. The molecule has 3 aromatic rings. The molecular formula is C16H13F3N2O. The van der Waals surface area contributed by atoms with E-state index in [-0.39, 0.29) is 5.75 Å². The monoisotopic (exact) mass is 306 g/mol. The van der Waals surface area contributed by atoms with E-state index in [2.05, 4.69) is 15.0 Å². The van der Waals surface area contributed by atoms with Crippen LogP contribution in [0.3, 0.4) is 0 Å². The van der Waals surface area contributed by atoms with Gasteiger partial charge in [0, 0.05) is 35.4 Å². The predicted octanol–water partition coefficient (Wildman–Crippen LogP) is 4.68. The minimum atomic E-state index is -4.69. The molecule has 2 N–H and O–H groups in total. The number of fused-ring (bicyclic) bond motifs is 1. The molecule has 0 fully saturated rings. The summed E-state index contributed by atoms with van der Waals surface area (Å²) in [5, 5.41) is 4.19. The molecule has 0 aliphatic heterocycles. The average Bonchev–Trinajstić information content (AvgIpc) is 2.92. The Kier molecular flexibility index (Phi) is 3.66. The number of nitrogens with one attached hydrogen (secondary N) is 2. The molecule has 0 bridgehead atoms. The SMILES string of the molecule is FC(F)(F)Oc1cccc(NCc2cccc3[nH]ccc23)c1. The van der Waals surface area contributed by atoms with Crippen LogP contribution in [0.25, 0.3) is 10.9 Å². The van der Waals surface area contributed by atoms with E-state index in [1.54, 1.807) is 6.07 Å². The third kappa shape index (κ3) is 3.33. The summed E-state index contributed by atoms with van der Waals surface area (Å²) in [6.45, 7) is 0.505. The van der Waals surface area contributed by atoms with Gasteiger partial charge in [0.05, 0.1) is 0 Å². The van der Waals surface area contributed by atoms with E-state index in [9.17, 15) is 13.2 Å². The van der Waals surface area contributed by atoms with E-state index >= 15 is 0 Å². The summed E-state index contributed by atoms with van der Waals surface area (Å²) in [5.41, 5.74) is 2.64. The maximum atomic E-state index is 12.2. The van der Waals surface area contributed by atoms with E-state index in [0.717, 1.165) is 16.5 Å². The van der Waals surface area contributed by atoms with Crippen molar-refractivity contribution in [2.45, 2.75) is 12.9 Å². The summed E-state index contributed by atoms with van der Waals surface area (Å²) in [6, 6.07) is 13.6. The number of rotatable bonds is 4. The number of aromatic nitrogens is 1. The molecule has 114 valence electrons. The van der Waals surface area contributed by atoms with Crippen molar-refractivity contribution in [1.82, 2.24) is 4.98 Å². The normalized spacial score (nSPS) is 11.6. The molecule has 3 rings (SSSR count). The van der Waals surface area contributed by atoms with Crippen LogP contribution < -0.4 is 10.1 Å². The van der Waals surface area contributed by atoms with Crippen molar-refractivity contribution < 1.29 is 17.9 Å². The maximum Gasteiger partial charge on any atom is 0.573 e. The molecule has 22 heavy (non-hydrogen) atoms. The Morgan fingerprint density at radius 3 is 2.68 bits per heavy atom. The zero-order valence-electron chi connectivity index (χ0n) is 11.4. The molecule has 0 aliphatic carbocycles. The summed E-state index contributed by atoms with van der Waals surface area (Å²) < 4.78 is 40.6. The number of hydrogen-bond acceptors (Lipinski definition) is 2. The fourth-order valence-corrected chi connectivity index (χ4v) is 2.31. The minimum absolute atomic E-state index is 0.239. The molecule has 0 radical (unpaired) electrons. The zero-order chi connectivity index (χ0) is 15.6. The number of alkyl halides is 3. The number of benzene rings is 2. The van der Waals surface area contributed by atoms with Crippen LogP contribution in [0.5, 0.6) is 5.75 Å². The van der Waals surface area contributed by atoms with Crippen molar-refractivity contribution in [3.8, 4) is 5.75 Å². The summed E-state index contributed by atoms with van der Waals surface area (Å²) in [4.78, 5) is 3.12. The highest BCUT2D eigenvalue weighted by Gasteiger charge is 2.31. The summed E-state index contributed by atoms with van der Waals surface area (Å²) in [6.07, 6.45) is -2.83. The molecule has 2 aromatic carbocycles. The van der Waals surface area contributed by atoms with Crippen molar-refractivity contribution in [2.24, 2.45) is 0 Å². The van der Waals surface area contributed by atoms with Gasteiger partial charge in [-0.2, -0.15) is 0 Å². The quantitative estimate of drug-likeness (QED) is 0.734. The second kappa shape index (κ2) is 5.63. The molecule has 0 saturated carbocycles. The molecule has 3 nitrogen and oxygen atoms in total. The second-order valence-electron chi connectivity index (χ2n) is 4.79. The fourth-order valence-electron chi connectivity index (χ4n) is 2.31. The Balaban J connectivity index is 1.74. The van der Waals surface area contributed by atoms with Crippen molar-refractivity contribution >= 4 is 16.6 Å². The molecule has 0 spiro atoms. The van der Waals surface area contributed by atoms with Gasteiger partial charge >= 0.3 is 6.36 Å². The van der Waals surface area contributed by atoms with Crippen LogP contribution in [0.2, 0.25) is 0 Å². The van der Waals surface area contributed by atoms with Crippen molar-refractivity contribution in [2.75, 3.05) is 5.32 Å². The van der Waals surface area contributed by atoms with E-state index < -0.39 is 6.36 Å². The molecule has 1 aromatic heterocycles. The van der Waals surface area contributed by atoms with E-state index in [1.807, 2.05) is 30.5 Å². The Hall–Kier alpha value is -2.63. The number of aromatic amines is 1. The van der Waals surface area contributed by atoms with Crippen LogP contribution in [0.15, 0.2) is 54.7 Å². The van der Waals surface area contributed by atoms with E-state index in [4.69, 9.17) is 0 Å². The van der Waals surface area contributed by atoms with Crippen LogP contribution >= 0.6 is 0 Å². The number of anilines is 1. The molecule has 0 unspecified atom stereocenters. The Bertz CT molecular complexity index is 780. The first-order valence-corrected chi connectivity index (χ1v) is 6.66. The highest BCUT2D eigenvalue weighted by Crippen LogP contribution is 2.25. The van der Waals surface area contributed by atoms with Crippen molar-refractivity contribution in [1.29, 1.82) is 0 Å². The second-order valence-corrected chi connectivity index (χ2v) is 4.79. The van der Waals surface area contributed by atoms with Gasteiger partial charge in [-0.05, 0) is 29.8 Å². The summed E-state index contributed by atoms with van der Waals surface area (Å²) >= 11 is 0. The van der Waals surface area contributed by atoms with E-state index in [0.29, 0.717) is 12.2 Å². The van der Waals surface area contributed by atoms with Gasteiger partial charge in [-0.25, -0.2) is 0 Å². The minimum Gasteiger partial charge on any atom is -0.406 e. The summed E-state index contributed by atoms with van der Waals surface area (Å²) in [5.74, 6) is -0.239. The summed E-state index contributed by atoms with van der Waals surface area (Å²) in [7, 11) is 0. The topological polar surface area (TPSA) is 37.0 Å². The fraction of sp³-hybridized carbons (Fsp3) is 0.125. The Labute approximate surface area is 124 Å². The van der Waals surface area contributed by atoms with Crippen LogP contribution in [0.1, 0.15) is 5.56 Å². The highest BCUT2D eigenvalue weighted by molar-refractivity contribution is 5.83. The van der Waals surface area contributed by atoms with Gasteiger partial charge in [0.25, 0.3) is 0 Å². The molecule has 0 atom stereocenters. The van der Waals surface area contributed by atoms with Crippen molar-refractivity contribution in [3.05, 3.63) is 60.3 Å². The third-order valence-electron chi connectivity index (χ3n) is 3.24. The highest BCUT2D eigenvalue weighted by atomic mass is 19.4. The lowest BCUT2D eigenvalue weighted by Gasteiger charge is -2.11. The molecule has 0 saturated heterocycles. The largest absolute Gasteiger partial charge is 0.573 e. The van der Waals surface area contributed by atoms with Gasteiger partial charge in [0.1, 0.15) is 5.75 Å². The number of H-pyrrole nitrogens is 1. The van der Waals surface area contributed by atoms with Crippen molar-refractivity contribution in [3.63, 3.8) is 0 Å². The molecule has 0 aliphatic rings. The number of hydrogen-bond donors (Lipinski definition) is 2. The maximum absolute atomic E-state index is 12.2. The lowest BCUT2D eigenvalue weighted by molar-refractivity contribution is -0.274. The first-order chi connectivity index (χ1) is 10.5. The lowest BCUT2D eigenvalue weighted by atomic mass is 10.1. The smallest absolute Gasteiger partial charge is 0.406 e. The van der Waals surface area contributed by atoms with Gasteiger partial charge in [-0.1, -0.05) is 18.2 Å². The van der Waals surface area contributed by atoms with E-state index in [1.165, 1.54) is 18.2 Å². The molecule has 0 amide bonds. The standard InChI is InChI=1S/C16H13F3N2O/c17-16(18,19)22-13-5-2-4-12(9-13)21-10-11-3-1-6-15-14(11)7-8-20-15/h1-9,20-21H,10H2. The molecule has 6 heteroatoms. The zero-order valence-corrected chi connectivity index (χ0v) is 11.4. The van der Waals surface area contributed by atoms with Crippen LogP contribution in [0, 0.1) is 0 Å². The Morgan fingerprint density at radius 2 is 1.86 bits per heavy atom. The van der Waals surface area contributed by atoms with Gasteiger partial charge in [-0.15, -0.1) is 13.2 Å². The number of halogens is 3. The first-order valence-electron chi connectivity index (χ1n) is 6.66. The predicted molar refractivity (Wildman–Crippen MR) is 78.8 cm³/mol. The average molecular weight is 306 g/mol. The van der Waals surface area contributed by atoms with Gasteiger partial charge in [-0.3, -0.25) is 0 Å². The molecular weight excluding hydrogens is 293 g/mol. The lowest BCUT2D eigenvalue weighted by Crippen LogP contribution is -2.17. The first kappa shape index (κ1) is 14.3. The third-order valence-corrected chi connectivity index (χ3v) is 3.24. The van der Waals surface area contributed by atoms with Gasteiger partial charge in [0.15, 0.2) is 0 Å². The van der Waals surface area contributed by atoms with Crippen LogP contribution in [-0.4, -0.2) is 11.3 Å². The van der Waals surface area contributed by atoms with Crippen LogP contribution in [-0.2, 0) is 6.54 Å².